The molecule has 2 atom stereocenters. The van der Waals surface area contributed by atoms with Crippen LogP contribution < -0.4 is 5.32 Å². The molecule has 0 bridgehead atoms. The highest BCUT2D eigenvalue weighted by Crippen LogP contribution is 2.25. The highest BCUT2D eigenvalue weighted by Gasteiger charge is 2.24. The largest absolute Gasteiger partial charge is 0.478 e. The Morgan fingerprint density at radius 2 is 1.72 bits per heavy atom. The maximum Gasteiger partial charge on any atom is 0.336 e. The Bertz CT molecular complexity index is 785. The summed E-state index contributed by atoms with van der Waals surface area (Å²) < 4.78 is 12.3. The van der Waals surface area contributed by atoms with Gasteiger partial charge in [-0.2, -0.15) is 0 Å². The first-order chi connectivity index (χ1) is 17.5. The number of urea groups is 1. The van der Waals surface area contributed by atoms with Crippen LogP contribution in [0.5, 0.6) is 0 Å². The van der Waals surface area contributed by atoms with Gasteiger partial charge in [0, 0.05) is 19.6 Å². The van der Waals surface area contributed by atoms with Crippen molar-refractivity contribution in [1.29, 1.82) is 0 Å². The summed E-state index contributed by atoms with van der Waals surface area (Å²) >= 11 is 0. The van der Waals surface area contributed by atoms with E-state index in [9.17, 15) is 14.7 Å². The molecule has 2 amide bonds. The van der Waals surface area contributed by atoms with Crippen LogP contribution in [0.4, 0.5) is 4.79 Å². The van der Waals surface area contributed by atoms with Crippen LogP contribution in [-0.2, 0) is 16.1 Å². The lowest BCUT2D eigenvalue weighted by Gasteiger charge is -2.30. The summed E-state index contributed by atoms with van der Waals surface area (Å²) in [5.74, 6) is -0.912. The van der Waals surface area contributed by atoms with Crippen molar-refractivity contribution < 1.29 is 24.2 Å². The number of benzene rings is 1. The second-order valence-electron chi connectivity index (χ2n) is 9.99. The predicted molar refractivity (Wildman–Crippen MR) is 144 cm³/mol. The number of carboxylic acid groups (broad SMARTS) is 1. The number of hydrogen-bond acceptors (Lipinski definition) is 4. The molecular weight excluding hydrogens is 456 g/mol. The van der Waals surface area contributed by atoms with E-state index in [1.165, 1.54) is 19.3 Å². The summed E-state index contributed by atoms with van der Waals surface area (Å²) in [7, 11) is 0. The van der Waals surface area contributed by atoms with E-state index >= 15 is 0 Å². The lowest BCUT2D eigenvalue weighted by atomic mass is 9.94. The molecule has 0 spiro atoms. The van der Waals surface area contributed by atoms with Gasteiger partial charge in [-0.1, -0.05) is 64.2 Å². The minimum absolute atomic E-state index is 0.0137. The number of rotatable bonds is 17. The van der Waals surface area contributed by atoms with E-state index in [4.69, 9.17) is 9.47 Å². The van der Waals surface area contributed by atoms with Crippen molar-refractivity contribution in [2.75, 3.05) is 26.2 Å². The van der Waals surface area contributed by atoms with Crippen molar-refractivity contribution in [3.63, 3.8) is 0 Å². The number of amides is 2. The van der Waals surface area contributed by atoms with Crippen LogP contribution in [0, 0.1) is 6.92 Å². The lowest BCUT2D eigenvalue weighted by molar-refractivity contribution is -0.0524. The van der Waals surface area contributed by atoms with Gasteiger partial charge in [-0.05, 0) is 56.6 Å². The maximum atomic E-state index is 12.7. The Morgan fingerprint density at radius 3 is 2.44 bits per heavy atom. The molecule has 0 aliphatic heterocycles. The van der Waals surface area contributed by atoms with Crippen LogP contribution in [0.15, 0.2) is 18.2 Å². The highest BCUT2D eigenvalue weighted by atomic mass is 16.5. The molecule has 1 aliphatic carbocycles. The number of hydrogen-bond donors (Lipinski definition) is 2. The zero-order chi connectivity index (χ0) is 26.2. The third kappa shape index (κ3) is 10.9. The van der Waals surface area contributed by atoms with Crippen LogP contribution >= 0.6 is 0 Å². The van der Waals surface area contributed by atoms with E-state index in [0.29, 0.717) is 37.4 Å². The van der Waals surface area contributed by atoms with Crippen molar-refractivity contribution in [3.8, 4) is 0 Å². The molecule has 2 unspecified atom stereocenters. The minimum Gasteiger partial charge on any atom is -0.478 e. The average Bonchev–Trinajstić information content (AvgIpc) is 2.86. The third-order valence-corrected chi connectivity index (χ3v) is 6.97. The summed E-state index contributed by atoms with van der Waals surface area (Å²) in [6.07, 6.45) is 11.8. The van der Waals surface area contributed by atoms with Gasteiger partial charge in [0.05, 0.1) is 31.0 Å². The average molecular weight is 505 g/mol. The number of unbranched alkanes of at least 4 members (excludes halogenated alkanes) is 5. The topological polar surface area (TPSA) is 88.1 Å². The molecular formula is C29H48N2O5. The molecule has 36 heavy (non-hydrogen) atoms. The van der Waals surface area contributed by atoms with Gasteiger partial charge in [0.1, 0.15) is 0 Å². The van der Waals surface area contributed by atoms with E-state index in [0.717, 1.165) is 63.5 Å². The number of carboxylic acids is 1. The summed E-state index contributed by atoms with van der Waals surface area (Å²) in [6.45, 7) is 9.05. The fourth-order valence-corrected chi connectivity index (χ4v) is 4.80. The Balaban J connectivity index is 1.80. The molecule has 2 rings (SSSR count). The van der Waals surface area contributed by atoms with Crippen LogP contribution in [0.1, 0.15) is 106 Å². The van der Waals surface area contributed by atoms with Gasteiger partial charge in [0.2, 0.25) is 0 Å². The van der Waals surface area contributed by atoms with Crippen molar-refractivity contribution in [2.24, 2.45) is 0 Å². The Hall–Kier alpha value is -2.12. The van der Waals surface area contributed by atoms with E-state index < -0.39 is 5.97 Å². The SMILES string of the molecule is CCCCCCCN(CCOC1CCCC(OCc2cccc(C)c2C(=O)O)C1)C(=O)NCCCC. The van der Waals surface area contributed by atoms with Crippen LogP contribution in [-0.4, -0.2) is 60.5 Å². The quantitative estimate of drug-likeness (QED) is 0.242. The van der Waals surface area contributed by atoms with Gasteiger partial charge in [0.15, 0.2) is 0 Å². The molecule has 1 fully saturated rings. The van der Waals surface area contributed by atoms with E-state index in [-0.39, 0.29) is 18.2 Å². The number of nitrogens with zero attached hydrogens (tertiary/aromatic N) is 1. The smallest absolute Gasteiger partial charge is 0.336 e. The van der Waals surface area contributed by atoms with Crippen molar-refractivity contribution in [3.05, 3.63) is 34.9 Å². The molecule has 0 heterocycles. The van der Waals surface area contributed by atoms with Crippen LogP contribution in [0.25, 0.3) is 0 Å². The van der Waals surface area contributed by atoms with Gasteiger partial charge in [0.25, 0.3) is 0 Å². The number of nitrogens with one attached hydrogen (secondary N) is 1. The summed E-state index contributed by atoms with van der Waals surface area (Å²) in [5.41, 5.74) is 1.81. The summed E-state index contributed by atoms with van der Waals surface area (Å²) in [5, 5.41) is 12.6. The zero-order valence-corrected chi connectivity index (χ0v) is 22.7. The standard InChI is InChI=1S/C29H48N2O5/c1-4-6-8-9-10-18-31(29(34)30-17-7-5-2)19-20-35-25-15-12-16-26(21-25)36-22-24-14-11-13-23(3)27(24)28(32)33/h11,13-14,25-26H,4-10,12,15-22H2,1-3H3,(H,30,34)(H,32,33). The molecule has 2 N–H and O–H groups in total. The third-order valence-electron chi connectivity index (χ3n) is 6.97. The van der Waals surface area contributed by atoms with Gasteiger partial charge >= 0.3 is 12.0 Å². The van der Waals surface area contributed by atoms with Gasteiger partial charge in [-0.25, -0.2) is 9.59 Å². The van der Waals surface area contributed by atoms with Crippen molar-refractivity contribution in [2.45, 2.75) is 110 Å². The number of carbonyl (C=O) groups is 2. The monoisotopic (exact) mass is 504 g/mol. The summed E-state index contributed by atoms with van der Waals surface area (Å²) in [6, 6.07) is 5.53. The maximum absolute atomic E-state index is 12.7. The first-order valence-corrected chi connectivity index (χ1v) is 14.0. The molecule has 1 aromatic rings. The van der Waals surface area contributed by atoms with Crippen LogP contribution in [0.2, 0.25) is 0 Å². The first-order valence-electron chi connectivity index (χ1n) is 14.0. The number of aromatic carboxylic acids is 1. The summed E-state index contributed by atoms with van der Waals surface area (Å²) in [4.78, 5) is 26.2. The second-order valence-corrected chi connectivity index (χ2v) is 9.99. The molecule has 7 heteroatoms. The first kappa shape index (κ1) is 30.1. The van der Waals surface area contributed by atoms with Crippen molar-refractivity contribution >= 4 is 12.0 Å². The van der Waals surface area contributed by atoms with Crippen LogP contribution in [0.3, 0.4) is 0 Å². The molecule has 0 radical (unpaired) electrons. The fraction of sp³-hybridized carbons (Fsp3) is 0.724. The Labute approximate surface area is 217 Å². The lowest BCUT2D eigenvalue weighted by Crippen LogP contribution is -2.43. The molecule has 204 valence electrons. The van der Waals surface area contributed by atoms with E-state index in [2.05, 4.69) is 19.2 Å². The van der Waals surface area contributed by atoms with Crippen molar-refractivity contribution in [1.82, 2.24) is 10.2 Å². The van der Waals surface area contributed by atoms with Gasteiger partial charge in [-0.15, -0.1) is 0 Å². The molecule has 1 aliphatic rings. The van der Waals surface area contributed by atoms with Gasteiger partial charge in [-0.3, -0.25) is 0 Å². The zero-order valence-electron chi connectivity index (χ0n) is 22.7. The normalized spacial score (nSPS) is 17.6. The Morgan fingerprint density at radius 1 is 1.00 bits per heavy atom. The molecule has 1 saturated carbocycles. The predicted octanol–water partition coefficient (Wildman–Crippen LogP) is 6.32. The number of aryl methyl sites for hydroxylation is 1. The molecule has 7 nitrogen and oxygen atoms in total. The number of carbonyl (C=O) groups excluding carboxylic acids is 1. The van der Waals surface area contributed by atoms with Gasteiger partial charge < -0.3 is 24.8 Å². The number of ether oxygens (including phenoxy) is 2. The fourth-order valence-electron chi connectivity index (χ4n) is 4.80. The highest BCUT2D eigenvalue weighted by molar-refractivity contribution is 5.91. The molecule has 0 saturated heterocycles. The molecule has 1 aromatic carbocycles. The van der Waals surface area contributed by atoms with E-state index in [1.807, 2.05) is 30.0 Å². The Kier molecular flexibility index (Phi) is 14.5. The van der Waals surface area contributed by atoms with E-state index in [1.54, 1.807) is 0 Å². The molecule has 0 aromatic heterocycles. The second kappa shape index (κ2) is 17.4. The minimum atomic E-state index is -0.912.